The minimum Gasteiger partial charge on any atom is -0.501 e. The van der Waals surface area contributed by atoms with Crippen LogP contribution in [-0.2, 0) is 81.5 Å². The molecule has 18 aromatic carbocycles. The molecule has 1 atom stereocenters. The third-order valence-corrected chi connectivity index (χ3v) is 26.1. The molecule has 9 heterocycles. The Kier molecular flexibility index (Phi) is 23.9. The molecule has 0 spiro atoms. The van der Waals surface area contributed by atoms with Crippen molar-refractivity contribution in [2.75, 3.05) is 7.11 Å². The van der Waals surface area contributed by atoms with Crippen molar-refractivity contribution in [2.45, 2.75) is 32.7 Å². The van der Waals surface area contributed by atoms with Gasteiger partial charge in [0.05, 0.1) is 47.9 Å². The molecule has 0 amide bonds. The van der Waals surface area contributed by atoms with E-state index in [1.165, 1.54) is 131 Å². The van der Waals surface area contributed by atoms with Gasteiger partial charge in [-0.05, 0) is 197 Å². The number of aryl methyl sites for hydroxylation is 3. The first-order valence-electron chi connectivity index (χ1n) is 44.3. The fraction of sp³-hybridized carbons (Fsp3) is 0.0763. The zero-order valence-electron chi connectivity index (χ0n) is 74.6. The number of hydrogen-bond acceptors (Lipinski definition) is 11. The second-order valence-electron chi connectivity index (χ2n) is 34.0. The fourth-order valence-electron chi connectivity index (χ4n) is 19.7. The number of para-hydroxylation sites is 1. The maximum atomic E-state index is 10.5. The van der Waals surface area contributed by atoms with E-state index < -0.39 is 5.97 Å². The van der Waals surface area contributed by atoms with Crippen LogP contribution in [0.1, 0.15) is 48.3 Å². The molecule has 27 rings (SSSR count). The number of furan rings is 3. The first-order valence-corrected chi connectivity index (χ1v) is 44.3. The Hall–Kier alpha value is -15.2. The number of aromatic carboxylic acids is 1. The number of ether oxygens (including phenoxy) is 1. The van der Waals surface area contributed by atoms with Gasteiger partial charge in [0.15, 0.2) is 0 Å². The quantitative estimate of drug-likeness (QED) is 0.114. The van der Waals surface area contributed by atoms with Crippen LogP contribution in [0.4, 0.5) is 0 Å². The summed E-state index contributed by atoms with van der Waals surface area (Å²) < 4.78 is 30.9. The van der Waals surface area contributed by atoms with Gasteiger partial charge in [0, 0.05) is 140 Å². The zero-order valence-corrected chi connectivity index (χ0v) is 81.8. The summed E-state index contributed by atoms with van der Waals surface area (Å²) in [5.41, 5.74) is 16.6. The van der Waals surface area contributed by atoms with Crippen molar-refractivity contribution in [3.05, 3.63) is 382 Å². The second kappa shape index (κ2) is 36.6. The van der Waals surface area contributed by atoms with Crippen LogP contribution in [0.3, 0.4) is 0 Å². The molecule has 1 N–H and O–H groups in total. The van der Waals surface area contributed by atoms with Crippen molar-refractivity contribution in [1.29, 1.82) is 0 Å². The summed E-state index contributed by atoms with van der Waals surface area (Å²) in [4.78, 5) is 36.5. The predicted molar refractivity (Wildman–Crippen MR) is 544 cm³/mol. The molecule has 0 saturated carbocycles. The number of imidazole rings is 2. The molecular formula is C118H81Ir3N9O6-4. The van der Waals surface area contributed by atoms with Gasteiger partial charge in [-0.3, -0.25) is 20.0 Å². The molecule has 665 valence electrons. The third kappa shape index (κ3) is 15.3. The molecule has 3 radical (unpaired) electrons. The van der Waals surface area contributed by atoms with Crippen LogP contribution in [0.15, 0.2) is 364 Å². The first-order chi connectivity index (χ1) is 65.2. The average Bonchev–Trinajstić information content (AvgIpc) is 1.52. The monoisotopic (exact) mass is 2300 g/mol. The number of methoxy groups -OCH3 is 1. The molecule has 18 heteroatoms. The summed E-state index contributed by atoms with van der Waals surface area (Å²) in [7, 11) is 7.79. The maximum absolute atomic E-state index is 10.5. The van der Waals surface area contributed by atoms with E-state index in [0.717, 1.165) is 128 Å². The number of pyridine rings is 2. The molecule has 26 aromatic rings. The summed E-state index contributed by atoms with van der Waals surface area (Å²) in [6, 6.07) is 119. The smallest absolute Gasteiger partial charge is 0.354 e. The fourth-order valence-corrected chi connectivity index (χ4v) is 19.7. The Balaban J connectivity index is 0.000000107. The van der Waals surface area contributed by atoms with Crippen LogP contribution in [0.2, 0.25) is 0 Å². The normalized spacial score (nSPS) is 12.4. The summed E-state index contributed by atoms with van der Waals surface area (Å²) >= 11 is 0. The van der Waals surface area contributed by atoms with Gasteiger partial charge in [0.25, 0.3) is 0 Å². The van der Waals surface area contributed by atoms with E-state index in [-0.39, 0.29) is 72.1 Å². The van der Waals surface area contributed by atoms with Gasteiger partial charge in [0.2, 0.25) is 0 Å². The van der Waals surface area contributed by atoms with Gasteiger partial charge in [0.1, 0.15) is 28.2 Å². The number of carbonyl (C=O) groups is 1. The molecule has 136 heavy (non-hydrogen) atoms. The van der Waals surface area contributed by atoms with Gasteiger partial charge in [-0.1, -0.05) is 259 Å². The van der Waals surface area contributed by atoms with Crippen molar-refractivity contribution in [3.8, 4) is 50.9 Å². The van der Waals surface area contributed by atoms with E-state index >= 15 is 0 Å². The number of carboxylic acid groups (broad SMARTS) is 1. The molecule has 1 aliphatic rings. The van der Waals surface area contributed by atoms with E-state index in [2.05, 4.69) is 302 Å². The summed E-state index contributed by atoms with van der Waals surface area (Å²) in [6.07, 6.45) is 12.5. The van der Waals surface area contributed by atoms with Gasteiger partial charge >= 0.3 is 5.97 Å². The maximum Gasteiger partial charge on any atom is 0.354 e. The van der Waals surface area contributed by atoms with E-state index in [1.807, 2.05) is 123 Å². The minimum atomic E-state index is -0.975. The zero-order chi connectivity index (χ0) is 89.8. The third-order valence-electron chi connectivity index (χ3n) is 26.1. The average molecular weight is 2300 g/mol. The number of benzene rings is 18. The molecule has 15 nitrogen and oxygen atoms in total. The largest absolute Gasteiger partial charge is 0.501 e. The van der Waals surface area contributed by atoms with Crippen molar-refractivity contribution in [1.82, 2.24) is 33.6 Å². The predicted octanol–water partition coefficient (Wildman–Crippen LogP) is 29.3. The van der Waals surface area contributed by atoms with Gasteiger partial charge in [-0.2, -0.15) is 0 Å². The Morgan fingerprint density at radius 3 is 1.46 bits per heavy atom. The number of aromatic nitrogens is 7. The molecule has 0 bridgehead atoms. The van der Waals surface area contributed by atoms with Crippen LogP contribution in [0.25, 0.3) is 230 Å². The number of carboxylic acids is 1. The van der Waals surface area contributed by atoms with Crippen molar-refractivity contribution < 1.29 is 88.2 Å². The second-order valence-corrected chi connectivity index (χ2v) is 34.0. The molecule has 8 aromatic heterocycles. The Labute approximate surface area is 821 Å². The van der Waals surface area contributed by atoms with Gasteiger partial charge in [-0.15, -0.1) is 77.4 Å². The summed E-state index contributed by atoms with van der Waals surface area (Å²) in [5.74, 6) is 1.96. The Bertz CT molecular complexity index is 9280. The molecule has 0 saturated heterocycles. The van der Waals surface area contributed by atoms with Crippen LogP contribution in [0.5, 0.6) is 5.75 Å². The van der Waals surface area contributed by atoms with E-state index in [1.54, 1.807) is 31.9 Å². The standard InChI is InChI=1S/3C28H17N2O.C25H19N2O.C9H11NO2.3Ir/c1-30-14-13-29-28(30)22-12-6-11-21-25-15-23-19-9-4-2-7-17(19)18-8-3-5-10-20(18)24(23)16-26(25)31-27(21)22;1-16-28(30-15-29-16)17-10-11-22-25-13-23-20-8-4-2-6-18(20)19-7-3-5-9-21(19)24(23)14-27(25)31-26(22)12-17;1-30-15-14-29-28(30)17-10-11-21-24-13-12-23-20-8-3-2-6-18(20)19-7-4-5-9-22(19)26(23)27(24)31-25(21)16-17;1-27-24-19(17-12-14-18(28-2)15-13-17)7-5-8-20(24)21-9-6-10-22(25(21)27)23-11-3-4-16-26-23;1-6(2)7-3-4-10-8(5-7)9(11)12;;;/h2*2-11,13-16H,1H3;2-9,11-16H,1H3;3-9,11-16H,1-2H3;3-6H,1-2H3,(H,11,12);;;/q4*-1;;;;. The van der Waals surface area contributed by atoms with Crippen molar-refractivity contribution in [2.24, 2.45) is 31.1 Å². The minimum absolute atomic E-state index is 0. The number of fused-ring (bicyclic) bond motifs is 31. The first kappa shape index (κ1) is 88.7. The Morgan fingerprint density at radius 1 is 0.412 bits per heavy atom. The van der Waals surface area contributed by atoms with Crippen LogP contribution in [0, 0.1) is 24.3 Å². The van der Waals surface area contributed by atoms with Crippen molar-refractivity contribution in [3.63, 3.8) is 0 Å². The molecule has 0 aliphatic carbocycles. The molecule has 1 aliphatic heterocycles. The topological polar surface area (TPSA) is 177 Å². The molecule has 0 fully saturated rings. The SMILES string of the molecule is CC(C)c1ccnc(C(=O)O)c1.CC1N=CN=C1c1[c-]c2oc3cc4c5ccccc5c5ccccc5c4cc3c2cc1.COc1ccc(-c2cccc3c4cc[c-]c(-c5ccccn5)c4n(C)c23)cc1.Cn1ccnc1-c1[c-]cc2c(c1)oc1c2ccc2c3ccccc3c3ccccc3c21.Cn1ccnc1-c1[c-]ccc2c1oc1cc3c4ccccc4c4ccccc4c3cc12.[Ir].[Ir].[Ir]. The number of hydrogen-bond donors (Lipinski definition) is 1. The molecule has 1 unspecified atom stereocenters. The summed E-state index contributed by atoms with van der Waals surface area (Å²) in [6.45, 7) is 6.07. The van der Waals surface area contributed by atoms with E-state index in [0.29, 0.717) is 5.92 Å². The van der Waals surface area contributed by atoms with Crippen LogP contribution in [-0.4, -0.2) is 69.9 Å². The number of nitrogens with zero attached hydrogens (tertiary/aromatic N) is 9. The number of aliphatic imine (C=N–C) groups is 2. The number of rotatable bonds is 8. The van der Waals surface area contributed by atoms with E-state index in [9.17, 15) is 4.79 Å². The van der Waals surface area contributed by atoms with Gasteiger partial charge in [-0.25, -0.2) is 9.78 Å². The Morgan fingerprint density at radius 2 is 0.904 bits per heavy atom. The molecular weight excluding hydrogens is 2220 g/mol. The van der Waals surface area contributed by atoms with Gasteiger partial charge < -0.3 is 41.8 Å². The van der Waals surface area contributed by atoms with Crippen molar-refractivity contribution >= 4 is 203 Å². The van der Waals surface area contributed by atoms with Crippen LogP contribution >= 0.6 is 0 Å². The summed E-state index contributed by atoms with van der Waals surface area (Å²) in [5, 5.41) is 40.1. The van der Waals surface area contributed by atoms with E-state index in [4.69, 9.17) is 23.1 Å². The van der Waals surface area contributed by atoms with Crippen LogP contribution < -0.4 is 4.74 Å².